The fourth-order valence-corrected chi connectivity index (χ4v) is 3.03. The van der Waals surface area contributed by atoms with E-state index in [4.69, 9.17) is 4.74 Å². The van der Waals surface area contributed by atoms with Crippen molar-refractivity contribution in [1.29, 1.82) is 0 Å². The van der Waals surface area contributed by atoms with Gasteiger partial charge in [-0.1, -0.05) is 18.2 Å². The second kappa shape index (κ2) is 8.17. The van der Waals surface area contributed by atoms with Crippen molar-refractivity contribution < 1.29 is 4.74 Å². The number of hydrogen-bond donors (Lipinski definition) is 1. The Morgan fingerprint density at radius 1 is 1.24 bits per heavy atom. The zero-order valence-corrected chi connectivity index (χ0v) is 13.8. The molecule has 0 saturated carbocycles. The summed E-state index contributed by atoms with van der Waals surface area (Å²) >= 11 is 1.81. The van der Waals surface area contributed by atoms with E-state index in [0.29, 0.717) is 6.04 Å². The molecule has 3 nitrogen and oxygen atoms in total. The molecule has 1 atom stereocenters. The van der Waals surface area contributed by atoms with E-state index in [1.807, 2.05) is 11.3 Å². The number of ether oxygens (including phenoxy) is 1. The van der Waals surface area contributed by atoms with Gasteiger partial charge in [0.25, 0.3) is 0 Å². The predicted octanol–water partition coefficient (Wildman–Crippen LogP) is 3.68. The van der Waals surface area contributed by atoms with Crippen molar-refractivity contribution in [2.75, 3.05) is 32.2 Å². The Morgan fingerprint density at radius 3 is 2.62 bits per heavy atom. The first-order chi connectivity index (χ1) is 10.2. The third-order valence-corrected chi connectivity index (χ3v) is 4.73. The topological polar surface area (TPSA) is 24.5 Å². The molecule has 21 heavy (non-hydrogen) atoms. The summed E-state index contributed by atoms with van der Waals surface area (Å²) in [5.41, 5.74) is 2.54. The number of thiophene rings is 1. The van der Waals surface area contributed by atoms with Gasteiger partial charge in [0, 0.05) is 37.8 Å². The van der Waals surface area contributed by atoms with Crippen LogP contribution in [0.15, 0.2) is 41.8 Å². The molecule has 114 valence electrons. The summed E-state index contributed by atoms with van der Waals surface area (Å²) in [7, 11) is 3.87. The van der Waals surface area contributed by atoms with Crippen LogP contribution in [0.25, 0.3) is 0 Å². The summed E-state index contributed by atoms with van der Waals surface area (Å²) in [6, 6.07) is 13.5. The molecule has 0 aliphatic rings. The zero-order valence-electron chi connectivity index (χ0n) is 13.0. The number of nitrogens with zero attached hydrogens (tertiary/aromatic N) is 1. The molecular weight excluding hydrogens is 280 g/mol. The van der Waals surface area contributed by atoms with Gasteiger partial charge >= 0.3 is 0 Å². The molecule has 0 spiro atoms. The van der Waals surface area contributed by atoms with Crippen molar-refractivity contribution in [2.24, 2.45) is 0 Å². The van der Waals surface area contributed by atoms with Gasteiger partial charge in [0.1, 0.15) is 0 Å². The maximum absolute atomic E-state index is 5.02. The first kappa shape index (κ1) is 16.0. The molecule has 2 aromatic rings. The van der Waals surface area contributed by atoms with Crippen LogP contribution in [0.2, 0.25) is 0 Å². The highest BCUT2D eigenvalue weighted by Crippen LogP contribution is 2.28. The van der Waals surface area contributed by atoms with E-state index in [2.05, 4.69) is 66.0 Å². The van der Waals surface area contributed by atoms with Gasteiger partial charge in [-0.05, 0) is 36.1 Å². The van der Waals surface area contributed by atoms with Gasteiger partial charge in [0.2, 0.25) is 0 Å². The van der Waals surface area contributed by atoms with Crippen molar-refractivity contribution in [3.63, 3.8) is 0 Å². The Bertz CT molecular complexity index is 510. The summed E-state index contributed by atoms with van der Waals surface area (Å²) < 4.78 is 5.02. The largest absolute Gasteiger partial charge is 0.383 e. The lowest BCUT2D eigenvalue weighted by molar-refractivity contribution is 0.199. The van der Waals surface area contributed by atoms with Gasteiger partial charge in [-0.15, -0.1) is 11.3 Å². The molecule has 0 radical (unpaired) electrons. The lowest BCUT2D eigenvalue weighted by Crippen LogP contribution is -2.21. The number of benzene rings is 1. The number of methoxy groups -OCH3 is 1. The summed E-state index contributed by atoms with van der Waals surface area (Å²) in [6.07, 6.45) is 0. The Labute approximate surface area is 131 Å². The van der Waals surface area contributed by atoms with Crippen molar-refractivity contribution in [2.45, 2.75) is 19.5 Å². The number of rotatable bonds is 8. The molecule has 0 amide bonds. The van der Waals surface area contributed by atoms with Crippen LogP contribution in [0.3, 0.4) is 0 Å². The van der Waals surface area contributed by atoms with E-state index in [-0.39, 0.29) is 0 Å². The Kier molecular flexibility index (Phi) is 6.23. The van der Waals surface area contributed by atoms with Crippen LogP contribution in [0, 0.1) is 0 Å². The number of nitrogens with one attached hydrogen (secondary N) is 1. The molecule has 4 heteroatoms. The van der Waals surface area contributed by atoms with E-state index < -0.39 is 0 Å². The molecule has 0 aliphatic carbocycles. The first-order valence-corrected chi connectivity index (χ1v) is 8.15. The summed E-state index contributed by atoms with van der Waals surface area (Å²) in [5, 5.41) is 5.49. The van der Waals surface area contributed by atoms with E-state index in [1.54, 1.807) is 7.11 Å². The molecule has 1 heterocycles. The Balaban J connectivity index is 1.92. The van der Waals surface area contributed by atoms with Crippen LogP contribution < -0.4 is 10.2 Å². The monoisotopic (exact) mass is 304 g/mol. The minimum absolute atomic E-state index is 0.399. The maximum Gasteiger partial charge on any atom is 0.0603 e. The van der Waals surface area contributed by atoms with E-state index in [1.165, 1.54) is 16.1 Å². The second-order valence-corrected chi connectivity index (χ2v) is 6.12. The van der Waals surface area contributed by atoms with Crippen molar-refractivity contribution >= 4 is 17.0 Å². The summed E-state index contributed by atoms with van der Waals surface area (Å²) in [4.78, 5) is 3.70. The molecule has 0 bridgehead atoms. The fourth-order valence-electron chi connectivity index (χ4n) is 2.20. The standard InChI is InChI=1S/C17H24N2OS/c1-14(17-5-4-12-21-17)19(2)16-8-6-15(7-9-16)13-18-10-11-20-3/h4-9,12,14,18H,10-11,13H2,1-3H3. The highest BCUT2D eigenvalue weighted by atomic mass is 32.1. The normalized spacial score (nSPS) is 12.3. The summed E-state index contributed by atoms with van der Waals surface area (Å²) in [6.45, 7) is 4.76. The Morgan fingerprint density at radius 2 is 2.00 bits per heavy atom. The molecule has 0 saturated heterocycles. The van der Waals surface area contributed by atoms with Crippen LogP contribution in [0.5, 0.6) is 0 Å². The SMILES string of the molecule is COCCNCc1ccc(N(C)C(C)c2cccs2)cc1. The van der Waals surface area contributed by atoms with Crippen LogP contribution in [-0.2, 0) is 11.3 Å². The molecule has 0 fully saturated rings. The van der Waals surface area contributed by atoms with Crippen LogP contribution in [-0.4, -0.2) is 27.3 Å². The molecular formula is C17H24N2OS. The number of hydrogen-bond acceptors (Lipinski definition) is 4. The molecule has 0 aliphatic heterocycles. The van der Waals surface area contributed by atoms with Gasteiger partial charge in [-0.25, -0.2) is 0 Å². The second-order valence-electron chi connectivity index (χ2n) is 5.14. The molecule has 1 N–H and O–H groups in total. The predicted molar refractivity (Wildman–Crippen MR) is 91.2 cm³/mol. The molecule has 2 rings (SSSR count). The quantitative estimate of drug-likeness (QED) is 0.753. The molecule has 1 unspecified atom stereocenters. The van der Waals surface area contributed by atoms with E-state index in [0.717, 1.165) is 19.7 Å². The number of anilines is 1. The van der Waals surface area contributed by atoms with Crippen molar-refractivity contribution in [3.05, 3.63) is 52.2 Å². The maximum atomic E-state index is 5.02. The molecule has 1 aromatic heterocycles. The average Bonchev–Trinajstić information content (AvgIpc) is 3.05. The highest BCUT2D eigenvalue weighted by Gasteiger charge is 2.12. The van der Waals surface area contributed by atoms with Gasteiger partial charge in [-0.3, -0.25) is 0 Å². The van der Waals surface area contributed by atoms with Crippen LogP contribution >= 0.6 is 11.3 Å². The van der Waals surface area contributed by atoms with E-state index in [9.17, 15) is 0 Å². The lowest BCUT2D eigenvalue weighted by Gasteiger charge is -2.26. The minimum atomic E-state index is 0.399. The van der Waals surface area contributed by atoms with Crippen LogP contribution in [0.4, 0.5) is 5.69 Å². The highest BCUT2D eigenvalue weighted by molar-refractivity contribution is 7.10. The fraction of sp³-hybridized carbons (Fsp3) is 0.412. The lowest BCUT2D eigenvalue weighted by atomic mass is 10.1. The first-order valence-electron chi connectivity index (χ1n) is 7.27. The van der Waals surface area contributed by atoms with Gasteiger partial charge < -0.3 is 15.0 Å². The van der Waals surface area contributed by atoms with E-state index >= 15 is 0 Å². The average molecular weight is 304 g/mol. The minimum Gasteiger partial charge on any atom is -0.383 e. The van der Waals surface area contributed by atoms with Crippen molar-refractivity contribution in [3.8, 4) is 0 Å². The smallest absolute Gasteiger partial charge is 0.0603 e. The third kappa shape index (κ3) is 4.56. The van der Waals surface area contributed by atoms with Gasteiger partial charge in [0.15, 0.2) is 0 Å². The molecule has 1 aromatic carbocycles. The summed E-state index contributed by atoms with van der Waals surface area (Å²) in [5.74, 6) is 0. The van der Waals surface area contributed by atoms with Gasteiger partial charge in [0.05, 0.1) is 12.6 Å². The zero-order chi connectivity index (χ0) is 15.1. The third-order valence-electron chi connectivity index (χ3n) is 3.69. The van der Waals surface area contributed by atoms with Crippen LogP contribution in [0.1, 0.15) is 23.4 Å². The Hall–Kier alpha value is -1.36. The van der Waals surface area contributed by atoms with Crippen molar-refractivity contribution in [1.82, 2.24) is 5.32 Å². The van der Waals surface area contributed by atoms with Gasteiger partial charge in [-0.2, -0.15) is 0 Å².